The number of fused-ring (bicyclic) bond motifs is 1. The number of carbonyl (C=O) groups is 1. The summed E-state index contributed by atoms with van der Waals surface area (Å²) in [5.74, 6) is 1.93. The van der Waals surface area contributed by atoms with Crippen LogP contribution in [-0.2, 0) is 20.8 Å². The summed E-state index contributed by atoms with van der Waals surface area (Å²) in [5, 5.41) is 0. The van der Waals surface area contributed by atoms with Gasteiger partial charge in [0.05, 0.1) is 31.7 Å². The Morgan fingerprint density at radius 1 is 1.11 bits per heavy atom. The molecule has 12 nitrogen and oxygen atoms in total. The van der Waals surface area contributed by atoms with E-state index >= 15 is 0 Å². The minimum absolute atomic E-state index is 0.230. The van der Waals surface area contributed by atoms with Crippen molar-refractivity contribution in [1.82, 2.24) is 29.5 Å². The van der Waals surface area contributed by atoms with Crippen molar-refractivity contribution in [3.8, 4) is 11.4 Å². The molecule has 1 atom stereocenters. The minimum atomic E-state index is -0.613. The fourth-order valence-electron chi connectivity index (χ4n) is 4.22. The number of anilines is 2. The number of imidazole rings is 1. The average Bonchev–Trinajstić information content (AvgIpc) is 3.53. The van der Waals surface area contributed by atoms with Crippen LogP contribution in [0.15, 0.2) is 18.7 Å². The predicted molar refractivity (Wildman–Crippen MR) is 133 cm³/mol. The van der Waals surface area contributed by atoms with Crippen molar-refractivity contribution in [3.63, 3.8) is 0 Å². The largest absolute Gasteiger partial charge is 0.443 e. The van der Waals surface area contributed by atoms with Crippen LogP contribution in [0.2, 0.25) is 0 Å². The predicted octanol–water partition coefficient (Wildman–Crippen LogP) is 2.53. The Kier molecular flexibility index (Phi) is 6.71. The van der Waals surface area contributed by atoms with Gasteiger partial charge in [0.25, 0.3) is 0 Å². The second-order valence-electron chi connectivity index (χ2n) is 10.1. The number of nitrogens with zero attached hydrogens (tertiary/aromatic N) is 8. The Balaban J connectivity index is 1.48. The maximum absolute atomic E-state index is 12.4. The van der Waals surface area contributed by atoms with Crippen LogP contribution in [0.5, 0.6) is 0 Å². The molecule has 36 heavy (non-hydrogen) atoms. The molecule has 0 spiro atoms. The van der Waals surface area contributed by atoms with Crippen molar-refractivity contribution in [2.24, 2.45) is 5.92 Å². The van der Waals surface area contributed by atoms with Gasteiger partial charge in [-0.1, -0.05) is 0 Å². The van der Waals surface area contributed by atoms with Gasteiger partial charge in [-0.3, -0.25) is 0 Å². The highest BCUT2D eigenvalue weighted by atomic mass is 16.6. The first-order chi connectivity index (χ1) is 17.3. The van der Waals surface area contributed by atoms with Gasteiger partial charge in [-0.25, -0.2) is 34.6 Å². The lowest BCUT2D eigenvalue weighted by atomic mass is 10.1. The molecule has 2 fully saturated rings. The summed E-state index contributed by atoms with van der Waals surface area (Å²) in [5.41, 5.74) is 1.56. The van der Waals surface area contributed by atoms with Crippen molar-refractivity contribution in [3.05, 3.63) is 18.7 Å². The molecule has 5 heterocycles. The number of carbonyl (C=O) groups excluding carboxylic acids is 1. The maximum Gasteiger partial charge on any atom is 0.416 e. The number of rotatable bonds is 5. The topological polar surface area (TPSA) is 121 Å². The molecule has 3 aromatic rings. The van der Waals surface area contributed by atoms with Crippen LogP contribution < -0.4 is 9.80 Å². The zero-order valence-electron chi connectivity index (χ0n) is 21.2. The Morgan fingerprint density at radius 2 is 1.86 bits per heavy atom. The van der Waals surface area contributed by atoms with E-state index in [4.69, 9.17) is 24.2 Å². The van der Waals surface area contributed by atoms with E-state index in [9.17, 15) is 4.79 Å². The highest BCUT2D eigenvalue weighted by Gasteiger charge is 2.25. The fraction of sp³-hybridized carbons (Fsp3) is 0.583. The highest BCUT2D eigenvalue weighted by molar-refractivity contribution is 5.86. The number of ether oxygens (including phenoxy) is 3. The Morgan fingerprint density at radius 3 is 2.53 bits per heavy atom. The molecule has 192 valence electrons. The third-order valence-electron chi connectivity index (χ3n) is 6.10. The van der Waals surface area contributed by atoms with Crippen LogP contribution >= 0.6 is 0 Å². The van der Waals surface area contributed by atoms with Gasteiger partial charge in [0.1, 0.15) is 5.60 Å². The lowest BCUT2D eigenvalue weighted by Gasteiger charge is -2.28. The number of morpholine rings is 1. The Hall–Kier alpha value is -3.38. The summed E-state index contributed by atoms with van der Waals surface area (Å²) in [6.45, 7) is 10.5. The summed E-state index contributed by atoms with van der Waals surface area (Å²) in [4.78, 5) is 39.0. The summed E-state index contributed by atoms with van der Waals surface area (Å²) in [6.07, 6.45) is 5.58. The van der Waals surface area contributed by atoms with Crippen LogP contribution in [0.4, 0.5) is 16.6 Å². The van der Waals surface area contributed by atoms with Crippen molar-refractivity contribution in [2.75, 3.05) is 56.4 Å². The van der Waals surface area contributed by atoms with E-state index < -0.39 is 11.7 Å². The van der Waals surface area contributed by atoms with E-state index in [1.54, 1.807) is 19.4 Å². The third-order valence-corrected chi connectivity index (χ3v) is 6.10. The van der Waals surface area contributed by atoms with Gasteiger partial charge in [-0.05, 0) is 27.2 Å². The molecule has 0 saturated carbocycles. The quantitative estimate of drug-likeness (QED) is 0.521. The molecule has 3 aromatic heterocycles. The molecule has 5 rings (SSSR count). The molecule has 0 bridgehead atoms. The second-order valence-corrected chi connectivity index (χ2v) is 10.1. The zero-order valence-corrected chi connectivity index (χ0v) is 21.2. The Labute approximate surface area is 209 Å². The molecule has 0 N–H and O–H groups in total. The molecule has 0 radical (unpaired) electrons. The van der Waals surface area contributed by atoms with Gasteiger partial charge in [-0.2, -0.15) is 0 Å². The number of amides is 1. The second kappa shape index (κ2) is 9.94. The summed E-state index contributed by atoms with van der Waals surface area (Å²) in [6, 6.07) is 0. The van der Waals surface area contributed by atoms with Crippen molar-refractivity contribution in [1.29, 1.82) is 0 Å². The van der Waals surface area contributed by atoms with E-state index in [1.807, 2.05) is 27.1 Å². The smallest absolute Gasteiger partial charge is 0.416 e. The molecule has 2 aliphatic rings. The lowest BCUT2D eigenvalue weighted by molar-refractivity contribution is 0.0587. The number of hydrogen-bond donors (Lipinski definition) is 0. The standard InChI is InChI=1S/C24H32N8O4/c1-24(2,3)36-23(33)30(4)22-25-11-17(12-26-22)19-28-20(31-6-9-34-10-7-31)18-21(29-19)32(15-27-18)13-16-5-8-35-14-16/h11-12,15-16H,5-10,13-14H2,1-4H3. The van der Waals surface area contributed by atoms with Crippen LogP contribution in [0.25, 0.3) is 22.6 Å². The molecule has 2 aliphatic heterocycles. The van der Waals surface area contributed by atoms with Gasteiger partial charge >= 0.3 is 6.09 Å². The number of aromatic nitrogens is 6. The zero-order chi connectivity index (χ0) is 25.3. The monoisotopic (exact) mass is 496 g/mol. The van der Waals surface area contributed by atoms with Crippen LogP contribution in [0, 0.1) is 5.92 Å². The van der Waals surface area contributed by atoms with Crippen LogP contribution in [0.3, 0.4) is 0 Å². The highest BCUT2D eigenvalue weighted by Crippen LogP contribution is 2.28. The minimum Gasteiger partial charge on any atom is -0.443 e. The van der Waals surface area contributed by atoms with Gasteiger partial charge < -0.3 is 23.7 Å². The first kappa shape index (κ1) is 24.3. The van der Waals surface area contributed by atoms with Gasteiger partial charge in [0, 0.05) is 51.6 Å². The van der Waals surface area contributed by atoms with Crippen molar-refractivity contribution in [2.45, 2.75) is 39.3 Å². The van der Waals surface area contributed by atoms with E-state index in [0.29, 0.717) is 30.5 Å². The first-order valence-corrected chi connectivity index (χ1v) is 12.2. The molecular weight excluding hydrogens is 464 g/mol. The molecule has 1 amide bonds. The first-order valence-electron chi connectivity index (χ1n) is 12.2. The van der Waals surface area contributed by atoms with Gasteiger partial charge in [0.2, 0.25) is 5.95 Å². The summed E-state index contributed by atoms with van der Waals surface area (Å²) < 4.78 is 18.6. The maximum atomic E-state index is 12.4. The SMILES string of the molecule is CN(C(=O)OC(C)(C)C)c1ncc(-c2nc(N3CCOCC3)c3ncn(CC4CCOC4)c3n2)cn1. The molecular formula is C24H32N8O4. The van der Waals surface area contributed by atoms with Gasteiger partial charge in [0.15, 0.2) is 22.8 Å². The van der Waals surface area contributed by atoms with E-state index in [2.05, 4.69) is 24.4 Å². The summed E-state index contributed by atoms with van der Waals surface area (Å²) >= 11 is 0. The molecule has 1 unspecified atom stereocenters. The summed E-state index contributed by atoms with van der Waals surface area (Å²) in [7, 11) is 1.58. The fourth-order valence-corrected chi connectivity index (χ4v) is 4.22. The molecule has 12 heteroatoms. The number of hydrogen-bond acceptors (Lipinski definition) is 10. The Bertz CT molecular complexity index is 1210. The van der Waals surface area contributed by atoms with Gasteiger partial charge in [-0.15, -0.1) is 0 Å². The normalized spacial score (nSPS) is 18.6. The van der Waals surface area contributed by atoms with Crippen molar-refractivity contribution < 1.29 is 19.0 Å². The molecule has 0 aliphatic carbocycles. The van der Waals surface area contributed by atoms with Crippen LogP contribution in [0.1, 0.15) is 27.2 Å². The van der Waals surface area contributed by atoms with E-state index in [-0.39, 0.29) is 5.95 Å². The van der Waals surface area contributed by atoms with E-state index in [0.717, 1.165) is 56.3 Å². The molecule has 0 aromatic carbocycles. The average molecular weight is 497 g/mol. The van der Waals surface area contributed by atoms with Crippen LogP contribution in [-0.4, -0.2) is 87.7 Å². The lowest BCUT2D eigenvalue weighted by Crippen LogP contribution is -2.37. The third kappa shape index (κ3) is 5.24. The van der Waals surface area contributed by atoms with Crippen molar-refractivity contribution >= 4 is 29.0 Å². The molecule has 2 saturated heterocycles. The van der Waals surface area contributed by atoms with E-state index in [1.165, 1.54) is 4.90 Å².